The van der Waals surface area contributed by atoms with Gasteiger partial charge in [-0.3, -0.25) is 4.79 Å². The second kappa shape index (κ2) is 8.83. The summed E-state index contributed by atoms with van der Waals surface area (Å²) in [4.78, 5) is 14.6. The van der Waals surface area contributed by atoms with E-state index in [4.69, 9.17) is 4.74 Å². The summed E-state index contributed by atoms with van der Waals surface area (Å²) in [7, 11) is 1.58. The SMILES string of the molecule is COc1ccc(N2CCCC(C(=O)NCCC3=CCCCC3)C2)nn1. The molecule has 1 fully saturated rings. The smallest absolute Gasteiger partial charge is 0.233 e. The van der Waals surface area contributed by atoms with Gasteiger partial charge in [-0.05, 0) is 51.0 Å². The van der Waals surface area contributed by atoms with Crippen LogP contribution in [-0.2, 0) is 4.79 Å². The molecule has 1 aliphatic heterocycles. The summed E-state index contributed by atoms with van der Waals surface area (Å²) in [6.07, 6.45) is 10.3. The molecule has 6 heteroatoms. The number of ether oxygens (including phenoxy) is 1. The van der Waals surface area contributed by atoms with Gasteiger partial charge in [0.1, 0.15) is 0 Å². The Kier molecular flexibility index (Phi) is 6.25. The molecule has 0 radical (unpaired) electrons. The van der Waals surface area contributed by atoms with E-state index in [0.29, 0.717) is 12.4 Å². The van der Waals surface area contributed by atoms with Crippen molar-refractivity contribution in [1.82, 2.24) is 15.5 Å². The number of piperidine rings is 1. The Morgan fingerprint density at radius 3 is 2.96 bits per heavy atom. The molecule has 3 rings (SSSR count). The van der Waals surface area contributed by atoms with Gasteiger partial charge < -0.3 is 15.0 Å². The maximum Gasteiger partial charge on any atom is 0.233 e. The number of carbonyl (C=O) groups excluding carboxylic acids is 1. The molecule has 0 aromatic carbocycles. The van der Waals surface area contributed by atoms with Crippen molar-refractivity contribution < 1.29 is 9.53 Å². The van der Waals surface area contributed by atoms with Crippen molar-refractivity contribution in [3.8, 4) is 5.88 Å². The lowest BCUT2D eigenvalue weighted by molar-refractivity contribution is -0.125. The summed E-state index contributed by atoms with van der Waals surface area (Å²) in [5.41, 5.74) is 1.50. The third-order valence-corrected chi connectivity index (χ3v) is 5.08. The average Bonchev–Trinajstić information content (AvgIpc) is 2.69. The first kappa shape index (κ1) is 17.7. The van der Waals surface area contributed by atoms with E-state index in [1.165, 1.54) is 31.3 Å². The lowest BCUT2D eigenvalue weighted by Crippen LogP contribution is -2.43. The Morgan fingerprint density at radius 1 is 1.32 bits per heavy atom. The molecule has 1 aliphatic carbocycles. The standard InChI is InChI=1S/C19H28N4O2/c1-25-18-10-9-17(21-22-18)23-13-5-8-16(14-23)19(24)20-12-11-15-6-3-2-4-7-15/h6,9-10,16H,2-5,7-8,11-14H2,1H3,(H,20,24). The van der Waals surface area contributed by atoms with Crippen LogP contribution in [0, 0.1) is 5.92 Å². The number of nitrogens with zero attached hydrogens (tertiary/aromatic N) is 3. The number of methoxy groups -OCH3 is 1. The number of carbonyl (C=O) groups is 1. The molecular weight excluding hydrogens is 316 g/mol. The van der Waals surface area contributed by atoms with E-state index in [2.05, 4.69) is 26.5 Å². The summed E-state index contributed by atoms with van der Waals surface area (Å²) in [6, 6.07) is 3.71. The normalized spacial score (nSPS) is 20.8. The number of nitrogens with one attached hydrogen (secondary N) is 1. The maximum atomic E-state index is 12.5. The molecule has 1 aromatic rings. The molecule has 1 unspecified atom stereocenters. The van der Waals surface area contributed by atoms with Gasteiger partial charge in [0.25, 0.3) is 0 Å². The van der Waals surface area contributed by atoms with E-state index in [1.54, 1.807) is 7.11 Å². The van der Waals surface area contributed by atoms with Gasteiger partial charge in [-0.15, -0.1) is 10.2 Å². The lowest BCUT2D eigenvalue weighted by Gasteiger charge is -2.32. The number of hydrogen-bond donors (Lipinski definition) is 1. The predicted molar refractivity (Wildman–Crippen MR) is 97.7 cm³/mol. The van der Waals surface area contributed by atoms with Crippen molar-refractivity contribution in [2.45, 2.75) is 44.9 Å². The van der Waals surface area contributed by atoms with Crippen LogP contribution in [-0.4, -0.2) is 42.8 Å². The highest BCUT2D eigenvalue weighted by Crippen LogP contribution is 2.23. The third-order valence-electron chi connectivity index (χ3n) is 5.08. The quantitative estimate of drug-likeness (QED) is 0.804. The fourth-order valence-corrected chi connectivity index (χ4v) is 3.61. The molecular formula is C19H28N4O2. The number of rotatable bonds is 6. The molecule has 1 amide bonds. The van der Waals surface area contributed by atoms with Crippen molar-refractivity contribution in [2.75, 3.05) is 31.6 Å². The summed E-state index contributed by atoms with van der Waals surface area (Å²) in [5.74, 6) is 1.51. The van der Waals surface area contributed by atoms with E-state index in [-0.39, 0.29) is 11.8 Å². The van der Waals surface area contributed by atoms with E-state index in [1.807, 2.05) is 12.1 Å². The van der Waals surface area contributed by atoms with Gasteiger partial charge >= 0.3 is 0 Å². The van der Waals surface area contributed by atoms with Crippen LogP contribution in [0.1, 0.15) is 44.9 Å². The van der Waals surface area contributed by atoms with Crippen LogP contribution >= 0.6 is 0 Å². The van der Waals surface area contributed by atoms with E-state index in [9.17, 15) is 4.79 Å². The van der Waals surface area contributed by atoms with E-state index < -0.39 is 0 Å². The summed E-state index contributed by atoms with van der Waals surface area (Å²) >= 11 is 0. The fraction of sp³-hybridized carbons (Fsp3) is 0.632. The Bertz CT molecular complexity index is 600. The first-order valence-electron chi connectivity index (χ1n) is 9.34. The number of anilines is 1. The monoisotopic (exact) mass is 344 g/mol. The molecule has 0 bridgehead atoms. The number of hydrogen-bond acceptors (Lipinski definition) is 5. The minimum atomic E-state index is 0.0259. The molecule has 1 N–H and O–H groups in total. The number of aromatic nitrogens is 2. The molecule has 2 aliphatic rings. The summed E-state index contributed by atoms with van der Waals surface area (Å²) < 4.78 is 5.05. The van der Waals surface area contributed by atoms with E-state index >= 15 is 0 Å². The highest BCUT2D eigenvalue weighted by Gasteiger charge is 2.26. The maximum absolute atomic E-state index is 12.5. The average molecular weight is 344 g/mol. The van der Waals surface area contributed by atoms with Crippen LogP contribution in [0.2, 0.25) is 0 Å². The number of allylic oxidation sites excluding steroid dienone is 1. The van der Waals surface area contributed by atoms with Crippen LogP contribution in [0.4, 0.5) is 5.82 Å². The second-order valence-electron chi connectivity index (χ2n) is 6.87. The Hall–Kier alpha value is -2.11. The van der Waals surface area contributed by atoms with Crippen LogP contribution < -0.4 is 15.0 Å². The zero-order chi connectivity index (χ0) is 17.5. The van der Waals surface area contributed by atoms with Crippen LogP contribution in [0.15, 0.2) is 23.8 Å². The molecule has 0 saturated carbocycles. The fourth-order valence-electron chi connectivity index (χ4n) is 3.61. The Labute approximate surface area is 149 Å². The Morgan fingerprint density at radius 2 is 2.24 bits per heavy atom. The van der Waals surface area contributed by atoms with Crippen molar-refractivity contribution in [3.63, 3.8) is 0 Å². The molecule has 1 atom stereocenters. The second-order valence-corrected chi connectivity index (χ2v) is 6.87. The summed E-state index contributed by atoms with van der Waals surface area (Å²) in [6.45, 7) is 2.37. The molecule has 25 heavy (non-hydrogen) atoms. The van der Waals surface area contributed by atoms with Gasteiger partial charge in [0, 0.05) is 25.7 Å². The molecule has 1 saturated heterocycles. The van der Waals surface area contributed by atoms with Gasteiger partial charge in [0.15, 0.2) is 5.82 Å². The van der Waals surface area contributed by atoms with Crippen molar-refractivity contribution >= 4 is 11.7 Å². The van der Waals surface area contributed by atoms with Crippen LogP contribution in [0.25, 0.3) is 0 Å². The van der Waals surface area contributed by atoms with Gasteiger partial charge in [0.05, 0.1) is 13.0 Å². The lowest BCUT2D eigenvalue weighted by atomic mass is 9.96. The molecule has 1 aromatic heterocycles. The van der Waals surface area contributed by atoms with Crippen molar-refractivity contribution in [3.05, 3.63) is 23.8 Å². The van der Waals surface area contributed by atoms with Gasteiger partial charge in [-0.1, -0.05) is 11.6 Å². The molecule has 2 heterocycles. The van der Waals surface area contributed by atoms with E-state index in [0.717, 1.165) is 38.2 Å². The number of amides is 1. The van der Waals surface area contributed by atoms with Gasteiger partial charge in [-0.2, -0.15) is 0 Å². The third kappa shape index (κ3) is 4.94. The minimum absolute atomic E-state index is 0.0259. The molecule has 0 spiro atoms. The largest absolute Gasteiger partial charge is 0.480 e. The molecule has 6 nitrogen and oxygen atoms in total. The topological polar surface area (TPSA) is 67.3 Å². The Balaban J connectivity index is 1.48. The minimum Gasteiger partial charge on any atom is -0.480 e. The highest BCUT2D eigenvalue weighted by atomic mass is 16.5. The first-order chi connectivity index (χ1) is 12.3. The predicted octanol–water partition coefficient (Wildman–Crippen LogP) is 2.71. The first-order valence-corrected chi connectivity index (χ1v) is 9.34. The van der Waals surface area contributed by atoms with Crippen molar-refractivity contribution in [2.24, 2.45) is 5.92 Å². The zero-order valence-electron chi connectivity index (χ0n) is 15.0. The van der Waals surface area contributed by atoms with Crippen LogP contribution in [0.3, 0.4) is 0 Å². The molecule has 136 valence electrons. The highest BCUT2D eigenvalue weighted by molar-refractivity contribution is 5.79. The zero-order valence-corrected chi connectivity index (χ0v) is 15.0. The van der Waals surface area contributed by atoms with Crippen LogP contribution in [0.5, 0.6) is 5.88 Å². The summed E-state index contributed by atoms with van der Waals surface area (Å²) in [5, 5.41) is 11.4. The van der Waals surface area contributed by atoms with Gasteiger partial charge in [-0.25, -0.2) is 0 Å². The van der Waals surface area contributed by atoms with Crippen molar-refractivity contribution in [1.29, 1.82) is 0 Å². The van der Waals surface area contributed by atoms with Gasteiger partial charge in [0.2, 0.25) is 11.8 Å².